The van der Waals surface area contributed by atoms with Crippen molar-refractivity contribution >= 4 is 23.1 Å². The molecule has 0 amide bonds. The Hall–Kier alpha value is -3.35. The van der Waals surface area contributed by atoms with Gasteiger partial charge >= 0.3 is 0 Å². The van der Waals surface area contributed by atoms with Crippen LogP contribution in [-0.4, -0.2) is 30.4 Å². The molecule has 0 spiro atoms. The lowest BCUT2D eigenvalue weighted by atomic mass is 10.2. The van der Waals surface area contributed by atoms with Crippen molar-refractivity contribution < 1.29 is 9.47 Å². The van der Waals surface area contributed by atoms with E-state index >= 15 is 0 Å². The Morgan fingerprint density at radius 1 is 1.12 bits per heavy atom. The molecule has 1 heterocycles. The summed E-state index contributed by atoms with van der Waals surface area (Å²) in [5, 5.41) is 4.62. The molecule has 0 saturated heterocycles. The molecule has 0 atom stereocenters. The summed E-state index contributed by atoms with van der Waals surface area (Å²) >= 11 is 0. The predicted molar refractivity (Wildman–Crippen MR) is 93.1 cm³/mol. The molecule has 122 valence electrons. The lowest BCUT2D eigenvalue weighted by molar-refractivity contribution is 0.355. The Morgan fingerprint density at radius 3 is 2.71 bits per heavy atom. The van der Waals surface area contributed by atoms with Crippen molar-refractivity contribution in [3.8, 4) is 11.5 Å². The molecule has 0 radical (unpaired) electrons. The van der Waals surface area contributed by atoms with E-state index in [9.17, 15) is 4.79 Å². The monoisotopic (exact) mass is 324 g/mol. The Balaban J connectivity index is 1.80. The Labute approximate surface area is 138 Å². The number of aromatic nitrogens is 2. The average molecular weight is 324 g/mol. The fraction of sp³-hybridized carbons (Fsp3) is 0.118. The van der Waals surface area contributed by atoms with Crippen LogP contribution in [0.1, 0.15) is 5.56 Å². The van der Waals surface area contributed by atoms with Crippen molar-refractivity contribution in [3.63, 3.8) is 0 Å². The molecule has 0 unspecified atom stereocenters. The second-order valence-electron chi connectivity index (χ2n) is 4.92. The number of benzene rings is 2. The van der Waals surface area contributed by atoms with Gasteiger partial charge in [-0.2, -0.15) is 5.10 Å². The quantitative estimate of drug-likeness (QED) is 0.556. The summed E-state index contributed by atoms with van der Waals surface area (Å²) in [7, 11) is 3.15. The van der Waals surface area contributed by atoms with Gasteiger partial charge < -0.3 is 9.47 Å². The molecule has 3 aromatic rings. The molecule has 0 aliphatic heterocycles. The lowest BCUT2D eigenvalue weighted by Crippen LogP contribution is -2.10. The van der Waals surface area contributed by atoms with Crippen molar-refractivity contribution in [1.82, 2.24) is 9.97 Å². The van der Waals surface area contributed by atoms with E-state index < -0.39 is 0 Å². The SMILES string of the molecule is COc1ccc(/C=N/Nc2nc3ccccc3c(=O)[nH]2)cc1OC. The van der Waals surface area contributed by atoms with E-state index in [0.29, 0.717) is 22.4 Å². The van der Waals surface area contributed by atoms with E-state index in [0.717, 1.165) is 5.56 Å². The fourth-order valence-corrected chi connectivity index (χ4v) is 2.24. The second kappa shape index (κ2) is 6.82. The highest BCUT2D eigenvalue weighted by molar-refractivity contribution is 5.82. The zero-order valence-corrected chi connectivity index (χ0v) is 13.2. The third-order valence-corrected chi connectivity index (χ3v) is 3.40. The number of anilines is 1. The van der Waals surface area contributed by atoms with Crippen molar-refractivity contribution in [3.05, 3.63) is 58.4 Å². The van der Waals surface area contributed by atoms with Crippen molar-refractivity contribution in [2.24, 2.45) is 5.10 Å². The highest BCUT2D eigenvalue weighted by atomic mass is 16.5. The first kappa shape index (κ1) is 15.5. The highest BCUT2D eigenvalue weighted by Gasteiger charge is 2.04. The van der Waals surface area contributed by atoms with Gasteiger partial charge in [-0.25, -0.2) is 10.4 Å². The molecule has 0 saturated carbocycles. The number of methoxy groups -OCH3 is 2. The summed E-state index contributed by atoms with van der Waals surface area (Å²) in [6, 6.07) is 12.5. The Kier molecular flexibility index (Phi) is 4.42. The summed E-state index contributed by atoms with van der Waals surface area (Å²) in [6.45, 7) is 0. The molecule has 0 aliphatic carbocycles. The number of para-hydroxylation sites is 1. The number of fused-ring (bicyclic) bond motifs is 1. The standard InChI is InChI=1S/C17H16N4O3/c1-23-14-8-7-11(9-15(14)24-2)10-18-21-17-19-13-6-4-3-5-12(13)16(22)20-17/h3-10H,1-2H3,(H2,19,20,21,22)/b18-10+. The molecule has 0 aliphatic rings. The minimum atomic E-state index is -0.218. The first-order valence-corrected chi connectivity index (χ1v) is 7.21. The topological polar surface area (TPSA) is 88.6 Å². The number of hydrogen-bond donors (Lipinski definition) is 2. The minimum absolute atomic E-state index is 0.218. The van der Waals surface area contributed by atoms with Crippen LogP contribution < -0.4 is 20.5 Å². The van der Waals surface area contributed by atoms with Gasteiger partial charge in [0, 0.05) is 0 Å². The summed E-state index contributed by atoms with van der Waals surface area (Å²) in [6.07, 6.45) is 1.59. The fourth-order valence-electron chi connectivity index (χ4n) is 2.24. The molecule has 24 heavy (non-hydrogen) atoms. The minimum Gasteiger partial charge on any atom is -0.493 e. The number of H-pyrrole nitrogens is 1. The smallest absolute Gasteiger partial charge is 0.260 e. The number of nitrogens with one attached hydrogen (secondary N) is 2. The van der Waals surface area contributed by atoms with Gasteiger partial charge in [0.25, 0.3) is 5.56 Å². The van der Waals surface area contributed by atoms with Gasteiger partial charge in [0.2, 0.25) is 5.95 Å². The van der Waals surface area contributed by atoms with Crippen LogP contribution in [0.5, 0.6) is 11.5 Å². The first-order valence-electron chi connectivity index (χ1n) is 7.21. The maximum absolute atomic E-state index is 12.0. The second-order valence-corrected chi connectivity index (χ2v) is 4.92. The van der Waals surface area contributed by atoms with Crippen LogP contribution in [0.25, 0.3) is 10.9 Å². The molecular weight excluding hydrogens is 308 g/mol. The predicted octanol–water partition coefficient (Wildman–Crippen LogP) is 2.39. The van der Waals surface area contributed by atoms with Crippen molar-refractivity contribution in [2.75, 3.05) is 19.6 Å². The van der Waals surface area contributed by atoms with Gasteiger partial charge in [-0.05, 0) is 35.9 Å². The van der Waals surface area contributed by atoms with Crippen LogP contribution in [0.4, 0.5) is 5.95 Å². The third-order valence-electron chi connectivity index (χ3n) is 3.40. The molecule has 0 bridgehead atoms. The summed E-state index contributed by atoms with van der Waals surface area (Å²) in [5.41, 5.74) is 3.92. The molecule has 3 rings (SSSR count). The van der Waals surface area contributed by atoms with Crippen LogP contribution in [0.2, 0.25) is 0 Å². The van der Waals surface area contributed by atoms with E-state index in [2.05, 4.69) is 20.5 Å². The van der Waals surface area contributed by atoms with E-state index in [1.54, 1.807) is 50.8 Å². The van der Waals surface area contributed by atoms with Crippen LogP contribution in [0.15, 0.2) is 52.4 Å². The van der Waals surface area contributed by atoms with E-state index in [4.69, 9.17) is 9.47 Å². The summed E-state index contributed by atoms with van der Waals surface area (Å²) in [4.78, 5) is 18.9. The van der Waals surface area contributed by atoms with Crippen molar-refractivity contribution in [2.45, 2.75) is 0 Å². The molecule has 7 nitrogen and oxygen atoms in total. The van der Waals surface area contributed by atoms with Gasteiger partial charge in [0.1, 0.15) is 0 Å². The maximum atomic E-state index is 12.0. The molecule has 0 fully saturated rings. The van der Waals surface area contributed by atoms with Gasteiger partial charge in [-0.3, -0.25) is 9.78 Å². The number of rotatable bonds is 5. The molecule has 2 aromatic carbocycles. The van der Waals surface area contributed by atoms with E-state index in [1.165, 1.54) is 0 Å². The summed E-state index contributed by atoms with van der Waals surface area (Å²) < 4.78 is 10.4. The van der Waals surface area contributed by atoms with Crippen molar-refractivity contribution in [1.29, 1.82) is 0 Å². The number of nitrogens with zero attached hydrogens (tertiary/aromatic N) is 2. The summed E-state index contributed by atoms with van der Waals surface area (Å²) in [5.74, 6) is 1.53. The van der Waals surface area contributed by atoms with Crippen LogP contribution >= 0.6 is 0 Å². The molecule has 7 heteroatoms. The maximum Gasteiger partial charge on any atom is 0.260 e. The van der Waals surface area contributed by atoms with Gasteiger partial charge in [0.15, 0.2) is 11.5 Å². The normalized spacial score (nSPS) is 10.9. The molecular formula is C17H16N4O3. The highest BCUT2D eigenvalue weighted by Crippen LogP contribution is 2.26. The zero-order valence-electron chi connectivity index (χ0n) is 13.2. The van der Waals surface area contributed by atoms with Crippen LogP contribution in [0.3, 0.4) is 0 Å². The number of hydrogen-bond acceptors (Lipinski definition) is 6. The van der Waals surface area contributed by atoms with Gasteiger partial charge in [-0.1, -0.05) is 12.1 Å². The lowest BCUT2D eigenvalue weighted by Gasteiger charge is -2.07. The largest absolute Gasteiger partial charge is 0.493 e. The zero-order chi connectivity index (χ0) is 16.9. The average Bonchev–Trinajstić information content (AvgIpc) is 2.61. The van der Waals surface area contributed by atoms with Crippen LogP contribution in [-0.2, 0) is 0 Å². The molecule has 1 aromatic heterocycles. The van der Waals surface area contributed by atoms with E-state index in [1.807, 2.05) is 12.1 Å². The first-order chi connectivity index (χ1) is 11.7. The van der Waals surface area contributed by atoms with E-state index in [-0.39, 0.29) is 11.5 Å². The number of hydrazone groups is 1. The third kappa shape index (κ3) is 3.19. The number of ether oxygens (including phenoxy) is 2. The molecule has 2 N–H and O–H groups in total. The van der Waals surface area contributed by atoms with Crippen LogP contribution in [0, 0.1) is 0 Å². The van der Waals surface area contributed by atoms with Gasteiger partial charge in [0.05, 0.1) is 31.3 Å². The Bertz CT molecular complexity index is 950. The number of aromatic amines is 1. The Morgan fingerprint density at radius 2 is 1.92 bits per heavy atom. The van der Waals surface area contributed by atoms with Gasteiger partial charge in [-0.15, -0.1) is 0 Å².